The highest BCUT2D eigenvalue weighted by Gasteiger charge is 2.56. The van der Waals surface area contributed by atoms with Crippen LogP contribution in [0.3, 0.4) is 0 Å². The minimum atomic E-state index is -0.350. The Labute approximate surface area is 89.4 Å². The lowest BCUT2D eigenvalue weighted by atomic mass is 10.1. The topological polar surface area (TPSA) is 55.4 Å². The third kappa shape index (κ3) is 2.13. The molecule has 0 aliphatic heterocycles. The zero-order valence-electron chi connectivity index (χ0n) is 8.99. The average Bonchev–Trinajstić information content (AvgIpc) is 2.69. The van der Waals surface area contributed by atoms with E-state index in [9.17, 15) is 9.59 Å². The van der Waals surface area contributed by atoms with E-state index in [0.29, 0.717) is 18.4 Å². The lowest BCUT2D eigenvalue weighted by Crippen LogP contribution is -2.32. The fraction of sp³-hybridized carbons (Fsp3) is 0.818. The fourth-order valence-electron chi connectivity index (χ4n) is 2.70. The smallest absolute Gasteiger partial charge is 0.325 e. The summed E-state index contributed by atoms with van der Waals surface area (Å²) in [4.78, 5) is 22.6. The zero-order valence-corrected chi connectivity index (χ0v) is 8.99. The number of esters is 1. The predicted molar refractivity (Wildman–Crippen MR) is 54.0 cm³/mol. The van der Waals surface area contributed by atoms with E-state index in [1.54, 1.807) is 6.92 Å². The molecular weight excluding hydrogens is 194 g/mol. The molecule has 0 spiro atoms. The molecule has 0 bridgehead atoms. The molecule has 4 nitrogen and oxygen atoms in total. The summed E-state index contributed by atoms with van der Waals surface area (Å²) >= 11 is 0. The summed E-state index contributed by atoms with van der Waals surface area (Å²) in [5.41, 5.74) is 0. The summed E-state index contributed by atoms with van der Waals surface area (Å²) in [5, 5.41) is 2.64. The maximum absolute atomic E-state index is 11.6. The van der Waals surface area contributed by atoms with Crippen molar-refractivity contribution in [3.05, 3.63) is 0 Å². The van der Waals surface area contributed by atoms with Crippen LogP contribution in [0.25, 0.3) is 0 Å². The van der Waals surface area contributed by atoms with E-state index in [1.807, 2.05) is 0 Å². The van der Waals surface area contributed by atoms with Crippen LogP contribution >= 0.6 is 0 Å². The van der Waals surface area contributed by atoms with Gasteiger partial charge in [-0.05, 0) is 31.6 Å². The number of fused-ring (bicyclic) bond motifs is 1. The molecule has 2 saturated carbocycles. The molecule has 1 N–H and O–H groups in total. The van der Waals surface area contributed by atoms with Crippen molar-refractivity contribution in [2.24, 2.45) is 17.8 Å². The SMILES string of the molecule is CCOC(=O)CNC(=O)C1C2CCCC21. The summed E-state index contributed by atoms with van der Waals surface area (Å²) in [5.74, 6) is 1.09. The van der Waals surface area contributed by atoms with Crippen LogP contribution < -0.4 is 5.32 Å². The van der Waals surface area contributed by atoms with Gasteiger partial charge in [-0.1, -0.05) is 6.42 Å². The predicted octanol–water partition coefficient (Wildman–Crippen LogP) is 0.712. The van der Waals surface area contributed by atoms with Gasteiger partial charge in [-0.15, -0.1) is 0 Å². The number of nitrogens with one attached hydrogen (secondary N) is 1. The highest BCUT2D eigenvalue weighted by atomic mass is 16.5. The molecule has 2 atom stereocenters. The van der Waals surface area contributed by atoms with Gasteiger partial charge in [0.25, 0.3) is 0 Å². The molecular formula is C11H17NO3. The molecule has 0 heterocycles. The van der Waals surface area contributed by atoms with E-state index in [4.69, 9.17) is 4.74 Å². The number of carbonyl (C=O) groups excluding carboxylic acids is 2. The van der Waals surface area contributed by atoms with E-state index in [2.05, 4.69) is 5.32 Å². The fourth-order valence-corrected chi connectivity index (χ4v) is 2.70. The van der Waals surface area contributed by atoms with Gasteiger partial charge in [0.1, 0.15) is 6.54 Å². The molecule has 15 heavy (non-hydrogen) atoms. The van der Waals surface area contributed by atoms with Gasteiger partial charge in [-0.25, -0.2) is 0 Å². The van der Waals surface area contributed by atoms with Crippen LogP contribution in [0.15, 0.2) is 0 Å². The number of ether oxygens (including phenoxy) is 1. The molecule has 1 amide bonds. The van der Waals surface area contributed by atoms with Gasteiger partial charge >= 0.3 is 5.97 Å². The van der Waals surface area contributed by atoms with Crippen LogP contribution in [0.2, 0.25) is 0 Å². The van der Waals surface area contributed by atoms with Crippen molar-refractivity contribution in [3.8, 4) is 0 Å². The lowest BCUT2D eigenvalue weighted by Gasteiger charge is -2.05. The third-order valence-corrected chi connectivity index (χ3v) is 3.42. The summed E-state index contributed by atoms with van der Waals surface area (Å²) in [6.07, 6.45) is 3.63. The molecule has 0 saturated heterocycles. The summed E-state index contributed by atoms with van der Waals surface area (Å²) in [6.45, 7) is 2.14. The van der Waals surface area contributed by atoms with Crippen molar-refractivity contribution in [2.45, 2.75) is 26.2 Å². The minimum Gasteiger partial charge on any atom is -0.465 e. The van der Waals surface area contributed by atoms with Gasteiger partial charge in [0.15, 0.2) is 0 Å². The van der Waals surface area contributed by atoms with Crippen LogP contribution in [-0.2, 0) is 14.3 Å². The molecule has 0 aromatic rings. The number of amides is 1. The summed E-state index contributed by atoms with van der Waals surface area (Å²) in [6, 6.07) is 0. The van der Waals surface area contributed by atoms with Crippen LogP contribution in [0.1, 0.15) is 26.2 Å². The zero-order chi connectivity index (χ0) is 10.8. The largest absolute Gasteiger partial charge is 0.465 e. The van der Waals surface area contributed by atoms with Crippen molar-refractivity contribution in [1.82, 2.24) is 5.32 Å². The number of hydrogen-bond donors (Lipinski definition) is 1. The van der Waals surface area contributed by atoms with Crippen molar-refractivity contribution in [3.63, 3.8) is 0 Å². The number of rotatable bonds is 4. The first kappa shape index (κ1) is 10.5. The monoisotopic (exact) mass is 211 g/mol. The Balaban J connectivity index is 1.68. The van der Waals surface area contributed by atoms with Crippen LogP contribution in [0, 0.1) is 17.8 Å². The van der Waals surface area contributed by atoms with Gasteiger partial charge in [-0.2, -0.15) is 0 Å². The van der Waals surface area contributed by atoms with Gasteiger partial charge < -0.3 is 10.1 Å². The molecule has 2 fully saturated rings. The van der Waals surface area contributed by atoms with E-state index in [-0.39, 0.29) is 24.3 Å². The molecule has 84 valence electrons. The number of hydrogen-bond acceptors (Lipinski definition) is 3. The highest BCUT2D eigenvalue weighted by Crippen LogP contribution is 2.57. The highest BCUT2D eigenvalue weighted by molar-refractivity contribution is 5.86. The normalized spacial score (nSPS) is 31.9. The second-order valence-corrected chi connectivity index (χ2v) is 4.31. The van der Waals surface area contributed by atoms with E-state index < -0.39 is 0 Å². The molecule has 2 rings (SSSR count). The Bertz CT molecular complexity index is 267. The quantitative estimate of drug-likeness (QED) is 0.697. The number of carbonyl (C=O) groups is 2. The molecule has 0 aromatic heterocycles. The molecule has 2 unspecified atom stereocenters. The van der Waals surface area contributed by atoms with Crippen molar-refractivity contribution in [2.75, 3.05) is 13.2 Å². The van der Waals surface area contributed by atoms with Gasteiger partial charge in [-0.3, -0.25) is 9.59 Å². The van der Waals surface area contributed by atoms with E-state index >= 15 is 0 Å². The van der Waals surface area contributed by atoms with Gasteiger partial charge in [0.05, 0.1) is 6.61 Å². The Morgan fingerprint density at radius 3 is 2.60 bits per heavy atom. The van der Waals surface area contributed by atoms with Crippen LogP contribution in [-0.4, -0.2) is 25.0 Å². The summed E-state index contributed by atoms with van der Waals surface area (Å²) < 4.78 is 4.73. The van der Waals surface area contributed by atoms with E-state index in [1.165, 1.54) is 19.3 Å². The first-order valence-corrected chi connectivity index (χ1v) is 5.67. The second-order valence-electron chi connectivity index (χ2n) is 4.31. The molecule has 2 aliphatic rings. The summed E-state index contributed by atoms with van der Waals surface area (Å²) in [7, 11) is 0. The van der Waals surface area contributed by atoms with Crippen molar-refractivity contribution in [1.29, 1.82) is 0 Å². The standard InChI is InChI=1S/C11H17NO3/c1-2-15-9(13)6-12-11(14)10-7-4-3-5-8(7)10/h7-8,10H,2-6H2,1H3,(H,12,14). The van der Waals surface area contributed by atoms with Gasteiger partial charge in [0.2, 0.25) is 5.91 Å². The Morgan fingerprint density at radius 1 is 1.33 bits per heavy atom. The minimum absolute atomic E-state index is 0.0165. The molecule has 4 heteroatoms. The van der Waals surface area contributed by atoms with Crippen molar-refractivity contribution >= 4 is 11.9 Å². The maximum atomic E-state index is 11.6. The van der Waals surface area contributed by atoms with Crippen molar-refractivity contribution < 1.29 is 14.3 Å². The first-order chi connectivity index (χ1) is 7.24. The molecule has 0 radical (unpaired) electrons. The van der Waals surface area contributed by atoms with Crippen LogP contribution in [0.4, 0.5) is 0 Å². The Morgan fingerprint density at radius 2 is 2.00 bits per heavy atom. The van der Waals surface area contributed by atoms with Gasteiger partial charge in [0, 0.05) is 5.92 Å². The Kier molecular flexibility index (Phi) is 2.93. The maximum Gasteiger partial charge on any atom is 0.325 e. The Hall–Kier alpha value is -1.06. The van der Waals surface area contributed by atoms with Crippen LogP contribution in [0.5, 0.6) is 0 Å². The first-order valence-electron chi connectivity index (χ1n) is 5.67. The molecule has 2 aliphatic carbocycles. The average molecular weight is 211 g/mol. The molecule has 0 aromatic carbocycles. The van der Waals surface area contributed by atoms with E-state index in [0.717, 1.165) is 0 Å². The second kappa shape index (κ2) is 4.21. The third-order valence-electron chi connectivity index (χ3n) is 3.42. The lowest BCUT2D eigenvalue weighted by molar-refractivity contribution is -0.143.